The summed E-state index contributed by atoms with van der Waals surface area (Å²) in [4.78, 5) is 27.7. The van der Waals surface area contributed by atoms with Gasteiger partial charge in [-0.1, -0.05) is 11.6 Å². The van der Waals surface area contributed by atoms with E-state index in [1.807, 2.05) is 0 Å². The lowest BCUT2D eigenvalue weighted by molar-refractivity contribution is -0.769. The highest BCUT2D eigenvalue weighted by Gasteiger charge is 2.53. The number of carbonyl (C=O) groups is 1. The van der Waals surface area contributed by atoms with Crippen LogP contribution < -0.4 is 4.74 Å². The first kappa shape index (κ1) is 21.4. The Balaban J connectivity index is 1.56. The highest BCUT2D eigenvalue weighted by atomic mass is 19.4. The van der Waals surface area contributed by atoms with Gasteiger partial charge >= 0.3 is 12.1 Å². The topological polar surface area (TPSA) is 106 Å². The van der Waals surface area contributed by atoms with Crippen LogP contribution in [-0.4, -0.2) is 61.0 Å². The largest absolute Gasteiger partial charge is 0.475 e. The number of alkyl halides is 3. The van der Waals surface area contributed by atoms with E-state index in [0.29, 0.717) is 11.1 Å². The Morgan fingerprint density at radius 1 is 1.16 bits per heavy atom. The van der Waals surface area contributed by atoms with Gasteiger partial charge in [0.25, 0.3) is 5.09 Å². The molecule has 2 fully saturated rings. The summed E-state index contributed by atoms with van der Waals surface area (Å²) < 4.78 is 62.1. The second-order valence-corrected chi connectivity index (χ2v) is 7.55. The molecule has 168 valence electrons. The number of hydrogen-bond acceptors (Lipinski definition) is 8. The van der Waals surface area contributed by atoms with E-state index in [-0.39, 0.29) is 19.0 Å². The minimum absolute atomic E-state index is 0.0487. The molecule has 0 radical (unpaired) electrons. The first-order valence-corrected chi connectivity index (χ1v) is 9.36. The van der Waals surface area contributed by atoms with Crippen molar-refractivity contribution in [1.82, 2.24) is 0 Å². The van der Waals surface area contributed by atoms with Gasteiger partial charge in [-0.05, 0) is 31.6 Å². The zero-order valence-corrected chi connectivity index (χ0v) is 16.4. The SMILES string of the molecule is Cc1cc(C)c2c(c1)C=C(C(=O)OC1COC3C(O[N+](=O)[O-])COC13)C(C(F)(F)F)O2. The van der Waals surface area contributed by atoms with E-state index < -0.39 is 53.3 Å². The van der Waals surface area contributed by atoms with Crippen LogP contribution in [0.5, 0.6) is 5.75 Å². The molecule has 3 aliphatic heterocycles. The third-order valence-corrected chi connectivity index (χ3v) is 5.25. The summed E-state index contributed by atoms with van der Waals surface area (Å²) in [6.07, 6.45) is -10.1. The van der Waals surface area contributed by atoms with Gasteiger partial charge < -0.3 is 23.8 Å². The van der Waals surface area contributed by atoms with Crippen molar-refractivity contribution < 1.29 is 46.8 Å². The molecule has 0 amide bonds. The van der Waals surface area contributed by atoms with E-state index in [0.717, 1.165) is 11.6 Å². The Hall–Kier alpha value is -2.86. The molecule has 12 heteroatoms. The molecule has 0 spiro atoms. The second kappa shape index (κ2) is 7.68. The molecule has 0 saturated carbocycles. The van der Waals surface area contributed by atoms with Crippen molar-refractivity contribution in [2.45, 2.75) is 50.5 Å². The van der Waals surface area contributed by atoms with Gasteiger partial charge in [-0.3, -0.25) is 0 Å². The van der Waals surface area contributed by atoms with Crippen LogP contribution in [0.1, 0.15) is 16.7 Å². The van der Waals surface area contributed by atoms with Crippen molar-refractivity contribution in [3.63, 3.8) is 0 Å². The maximum Gasteiger partial charge on any atom is 0.430 e. The van der Waals surface area contributed by atoms with E-state index in [9.17, 15) is 28.1 Å². The molecule has 3 heterocycles. The number of carbonyl (C=O) groups excluding carboxylic acids is 1. The molecular weight excluding hydrogens is 427 g/mol. The van der Waals surface area contributed by atoms with Crippen LogP contribution >= 0.6 is 0 Å². The summed E-state index contributed by atoms with van der Waals surface area (Å²) in [6.45, 7) is 3.02. The Morgan fingerprint density at radius 3 is 2.45 bits per heavy atom. The average Bonchev–Trinajstić information content (AvgIpc) is 3.23. The van der Waals surface area contributed by atoms with Gasteiger partial charge in [-0.2, -0.15) is 13.2 Å². The fraction of sp³-hybridized carbons (Fsp3) is 0.526. The molecule has 3 aliphatic rings. The summed E-state index contributed by atoms with van der Waals surface area (Å²) in [7, 11) is 0. The Labute approximate surface area is 173 Å². The first-order valence-electron chi connectivity index (χ1n) is 9.36. The molecule has 0 bridgehead atoms. The average molecular weight is 445 g/mol. The van der Waals surface area contributed by atoms with Crippen molar-refractivity contribution in [2.75, 3.05) is 13.2 Å². The molecule has 1 aromatic carbocycles. The van der Waals surface area contributed by atoms with Gasteiger partial charge in [0.2, 0.25) is 6.10 Å². The Kier molecular flexibility index (Phi) is 5.30. The quantitative estimate of drug-likeness (QED) is 0.395. The number of aryl methyl sites for hydroxylation is 2. The molecule has 5 unspecified atom stereocenters. The molecule has 1 aromatic rings. The van der Waals surface area contributed by atoms with E-state index >= 15 is 0 Å². The zero-order valence-electron chi connectivity index (χ0n) is 16.4. The number of nitrogens with zero attached hydrogens (tertiary/aromatic N) is 1. The molecule has 0 aromatic heterocycles. The molecule has 9 nitrogen and oxygen atoms in total. The lowest BCUT2D eigenvalue weighted by atomic mass is 9.97. The molecular formula is C19H18F3NO8. The van der Waals surface area contributed by atoms with Gasteiger partial charge in [-0.15, -0.1) is 10.1 Å². The number of benzene rings is 1. The predicted octanol–water partition coefficient (Wildman–Crippen LogP) is 2.30. The standard InChI is InChI=1S/C19H18F3NO8/c1-8-3-9(2)14-10(4-8)5-11(17(30-14)19(20,21)22)18(24)29-12-6-27-16-13(31-23(25)26)7-28-15(12)16/h3-5,12-13,15-17H,6-7H2,1-2H3. The van der Waals surface area contributed by atoms with Crippen molar-refractivity contribution in [2.24, 2.45) is 0 Å². The Morgan fingerprint density at radius 2 is 1.81 bits per heavy atom. The molecule has 2 saturated heterocycles. The van der Waals surface area contributed by atoms with Crippen LogP contribution in [0.15, 0.2) is 17.7 Å². The maximum atomic E-state index is 13.7. The summed E-state index contributed by atoms with van der Waals surface area (Å²) in [6, 6.07) is 3.29. The van der Waals surface area contributed by atoms with Gasteiger partial charge in [0.1, 0.15) is 18.0 Å². The number of esters is 1. The van der Waals surface area contributed by atoms with Gasteiger partial charge in [0.15, 0.2) is 12.2 Å². The second-order valence-electron chi connectivity index (χ2n) is 7.55. The highest BCUT2D eigenvalue weighted by Crippen LogP contribution is 2.40. The van der Waals surface area contributed by atoms with E-state index in [2.05, 4.69) is 4.84 Å². The summed E-state index contributed by atoms with van der Waals surface area (Å²) in [5.74, 6) is -1.18. The van der Waals surface area contributed by atoms with Crippen LogP contribution in [0, 0.1) is 24.0 Å². The number of rotatable bonds is 4. The predicted molar refractivity (Wildman–Crippen MR) is 95.6 cm³/mol. The van der Waals surface area contributed by atoms with Crippen LogP contribution in [0.2, 0.25) is 0 Å². The number of hydrogen-bond donors (Lipinski definition) is 0. The molecule has 5 atom stereocenters. The fourth-order valence-electron chi connectivity index (χ4n) is 4.03. The fourth-order valence-corrected chi connectivity index (χ4v) is 4.03. The number of ether oxygens (including phenoxy) is 4. The lowest BCUT2D eigenvalue weighted by Gasteiger charge is -2.29. The van der Waals surface area contributed by atoms with Crippen LogP contribution in [0.25, 0.3) is 6.08 Å². The number of fused-ring (bicyclic) bond motifs is 2. The molecule has 0 aliphatic carbocycles. The lowest BCUT2D eigenvalue weighted by Crippen LogP contribution is -2.43. The monoisotopic (exact) mass is 445 g/mol. The Bertz CT molecular complexity index is 947. The third-order valence-electron chi connectivity index (χ3n) is 5.25. The van der Waals surface area contributed by atoms with Crippen LogP contribution in [0.3, 0.4) is 0 Å². The van der Waals surface area contributed by atoms with Crippen molar-refractivity contribution in [3.05, 3.63) is 44.5 Å². The normalized spacial score (nSPS) is 29.5. The van der Waals surface area contributed by atoms with E-state index in [1.54, 1.807) is 26.0 Å². The highest BCUT2D eigenvalue weighted by molar-refractivity contribution is 5.96. The summed E-state index contributed by atoms with van der Waals surface area (Å²) >= 11 is 0. The van der Waals surface area contributed by atoms with E-state index in [1.165, 1.54) is 0 Å². The van der Waals surface area contributed by atoms with Crippen LogP contribution in [0.4, 0.5) is 13.2 Å². The minimum Gasteiger partial charge on any atom is -0.475 e. The van der Waals surface area contributed by atoms with Crippen molar-refractivity contribution >= 4 is 12.0 Å². The smallest absolute Gasteiger partial charge is 0.430 e. The van der Waals surface area contributed by atoms with Crippen molar-refractivity contribution in [3.8, 4) is 5.75 Å². The first-order chi connectivity index (χ1) is 14.5. The third kappa shape index (κ3) is 4.04. The maximum absolute atomic E-state index is 13.7. The molecule has 31 heavy (non-hydrogen) atoms. The molecule has 4 rings (SSSR count). The van der Waals surface area contributed by atoms with Gasteiger partial charge in [0.05, 0.1) is 18.8 Å². The molecule has 0 N–H and O–H groups in total. The van der Waals surface area contributed by atoms with Crippen molar-refractivity contribution in [1.29, 1.82) is 0 Å². The van der Waals surface area contributed by atoms with Gasteiger partial charge in [0, 0.05) is 5.56 Å². The number of halogens is 3. The minimum atomic E-state index is -4.86. The van der Waals surface area contributed by atoms with Crippen LogP contribution in [-0.2, 0) is 23.8 Å². The zero-order chi connectivity index (χ0) is 22.5. The summed E-state index contributed by atoms with van der Waals surface area (Å²) in [5.41, 5.74) is 0.931. The summed E-state index contributed by atoms with van der Waals surface area (Å²) in [5, 5.41) is 9.56. The van der Waals surface area contributed by atoms with Gasteiger partial charge in [-0.25, -0.2) is 4.79 Å². The van der Waals surface area contributed by atoms with E-state index in [4.69, 9.17) is 18.9 Å².